The molecule has 1 amide bonds. The first-order valence-corrected chi connectivity index (χ1v) is 8.14. The molecule has 0 saturated heterocycles. The summed E-state index contributed by atoms with van der Waals surface area (Å²) in [6.45, 7) is 0. The van der Waals surface area contributed by atoms with Crippen molar-refractivity contribution in [2.45, 2.75) is 17.7 Å². The number of halogens is 2. The highest BCUT2D eigenvalue weighted by atomic mass is 79.9. The largest absolute Gasteiger partial charge is 0.326 e. The van der Waals surface area contributed by atoms with Crippen LogP contribution in [0.1, 0.15) is 21.5 Å². The van der Waals surface area contributed by atoms with E-state index in [-0.39, 0.29) is 10.7 Å². The summed E-state index contributed by atoms with van der Waals surface area (Å²) in [5.74, 6) is 0.0789. The molecular formula is C16H13Br2NO. The second kappa shape index (κ2) is 5.70. The van der Waals surface area contributed by atoms with E-state index in [0.717, 1.165) is 22.1 Å². The van der Waals surface area contributed by atoms with Gasteiger partial charge in [0.2, 0.25) is 5.91 Å². The van der Waals surface area contributed by atoms with Gasteiger partial charge in [0.25, 0.3) is 0 Å². The predicted octanol–water partition coefficient (Wildman–Crippen LogP) is 4.62. The molecule has 0 aromatic heterocycles. The Morgan fingerprint density at radius 3 is 2.85 bits per heavy atom. The van der Waals surface area contributed by atoms with E-state index in [9.17, 15) is 4.79 Å². The van der Waals surface area contributed by atoms with Gasteiger partial charge >= 0.3 is 0 Å². The van der Waals surface area contributed by atoms with Crippen LogP contribution >= 0.6 is 31.9 Å². The third kappa shape index (κ3) is 2.96. The molecule has 1 unspecified atom stereocenters. The van der Waals surface area contributed by atoms with E-state index in [1.807, 2.05) is 18.2 Å². The molecule has 0 bridgehead atoms. The number of rotatable bonds is 3. The number of hydrogen-bond acceptors (Lipinski definition) is 1. The van der Waals surface area contributed by atoms with Gasteiger partial charge in [0.15, 0.2) is 0 Å². The number of carbonyl (C=O) groups is 1. The quantitative estimate of drug-likeness (QED) is 0.756. The SMILES string of the molecule is O=C1Cc2cc(C(Br)Cc3cccc(Br)c3)ccc2N1. The molecule has 4 heteroatoms. The molecule has 20 heavy (non-hydrogen) atoms. The van der Waals surface area contributed by atoms with Crippen LogP contribution in [0.4, 0.5) is 5.69 Å². The molecule has 102 valence electrons. The Balaban J connectivity index is 1.79. The van der Waals surface area contributed by atoms with Gasteiger partial charge in [0.05, 0.1) is 6.42 Å². The highest BCUT2D eigenvalue weighted by Gasteiger charge is 2.19. The van der Waals surface area contributed by atoms with Crippen molar-refractivity contribution in [2.75, 3.05) is 5.32 Å². The number of nitrogens with one attached hydrogen (secondary N) is 1. The lowest BCUT2D eigenvalue weighted by Crippen LogP contribution is -2.03. The Morgan fingerprint density at radius 1 is 1.20 bits per heavy atom. The van der Waals surface area contributed by atoms with Crippen LogP contribution in [0.3, 0.4) is 0 Å². The van der Waals surface area contributed by atoms with Gasteiger partial charge in [-0.25, -0.2) is 0 Å². The molecule has 1 aliphatic heterocycles. The molecule has 0 aliphatic carbocycles. The van der Waals surface area contributed by atoms with Crippen molar-refractivity contribution < 1.29 is 4.79 Å². The smallest absolute Gasteiger partial charge is 0.228 e. The fourth-order valence-corrected chi connectivity index (χ4v) is 3.54. The Morgan fingerprint density at radius 2 is 2.05 bits per heavy atom. The van der Waals surface area contributed by atoms with Gasteiger partial charge in [0, 0.05) is 15.0 Å². The summed E-state index contributed by atoms with van der Waals surface area (Å²) >= 11 is 7.24. The molecule has 0 saturated carbocycles. The number of alkyl halides is 1. The van der Waals surface area contributed by atoms with E-state index in [4.69, 9.17) is 0 Å². The number of anilines is 1. The number of amides is 1. The van der Waals surface area contributed by atoms with Crippen molar-refractivity contribution in [3.63, 3.8) is 0 Å². The van der Waals surface area contributed by atoms with Crippen molar-refractivity contribution in [1.29, 1.82) is 0 Å². The molecule has 3 rings (SSSR count). The molecule has 1 N–H and O–H groups in total. The molecule has 0 radical (unpaired) electrons. The van der Waals surface area contributed by atoms with Gasteiger partial charge in [-0.05, 0) is 41.3 Å². The van der Waals surface area contributed by atoms with Crippen LogP contribution in [-0.2, 0) is 17.6 Å². The van der Waals surface area contributed by atoms with Gasteiger partial charge in [-0.3, -0.25) is 4.79 Å². The van der Waals surface area contributed by atoms with Crippen molar-refractivity contribution >= 4 is 43.5 Å². The van der Waals surface area contributed by atoms with Crippen LogP contribution in [0.2, 0.25) is 0 Å². The molecule has 1 aliphatic rings. The first-order chi connectivity index (χ1) is 9.61. The molecule has 1 atom stereocenters. The maximum Gasteiger partial charge on any atom is 0.228 e. The average molecular weight is 395 g/mol. The van der Waals surface area contributed by atoms with E-state index in [2.05, 4.69) is 61.4 Å². The van der Waals surface area contributed by atoms with Crippen LogP contribution in [0.25, 0.3) is 0 Å². The summed E-state index contributed by atoms with van der Waals surface area (Å²) in [6.07, 6.45) is 1.40. The summed E-state index contributed by atoms with van der Waals surface area (Å²) in [5.41, 5.74) is 4.52. The van der Waals surface area contributed by atoms with Gasteiger partial charge in [-0.1, -0.05) is 56.1 Å². The summed E-state index contributed by atoms with van der Waals surface area (Å²) in [6, 6.07) is 14.5. The summed E-state index contributed by atoms with van der Waals surface area (Å²) in [7, 11) is 0. The van der Waals surface area contributed by atoms with Crippen molar-refractivity contribution in [2.24, 2.45) is 0 Å². The lowest BCUT2D eigenvalue weighted by atomic mass is 10.0. The Bertz CT molecular complexity index is 669. The number of hydrogen-bond donors (Lipinski definition) is 1. The Hall–Kier alpha value is -1.13. The first-order valence-electron chi connectivity index (χ1n) is 6.43. The topological polar surface area (TPSA) is 29.1 Å². The van der Waals surface area contributed by atoms with Crippen LogP contribution < -0.4 is 5.32 Å². The summed E-state index contributed by atoms with van der Waals surface area (Å²) < 4.78 is 1.10. The molecular weight excluding hydrogens is 382 g/mol. The van der Waals surface area contributed by atoms with Crippen molar-refractivity contribution in [1.82, 2.24) is 0 Å². The van der Waals surface area contributed by atoms with E-state index >= 15 is 0 Å². The lowest BCUT2D eigenvalue weighted by molar-refractivity contribution is -0.115. The highest BCUT2D eigenvalue weighted by Crippen LogP contribution is 2.32. The van der Waals surface area contributed by atoms with Crippen LogP contribution in [-0.4, -0.2) is 5.91 Å². The second-order valence-corrected chi connectivity index (χ2v) is 6.96. The third-order valence-corrected chi connectivity index (χ3v) is 4.77. The predicted molar refractivity (Wildman–Crippen MR) is 88.3 cm³/mol. The molecule has 2 nitrogen and oxygen atoms in total. The van der Waals surface area contributed by atoms with Crippen LogP contribution in [0.15, 0.2) is 46.9 Å². The van der Waals surface area contributed by atoms with Gasteiger partial charge in [0.1, 0.15) is 0 Å². The minimum atomic E-state index is 0.0789. The first kappa shape index (κ1) is 13.8. The minimum absolute atomic E-state index is 0.0789. The lowest BCUT2D eigenvalue weighted by Gasteiger charge is -2.12. The van der Waals surface area contributed by atoms with E-state index in [0.29, 0.717) is 6.42 Å². The minimum Gasteiger partial charge on any atom is -0.326 e. The van der Waals surface area contributed by atoms with E-state index in [1.54, 1.807) is 0 Å². The number of carbonyl (C=O) groups excluding carboxylic acids is 1. The van der Waals surface area contributed by atoms with E-state index in [1.165, 1.54) is 11.1 Å². The number of fused-ring (bicyclic) bond motifs is 1. The monoisotopic (exact) mass is 393 g/mol. The van der Waals surface area contributed by atoms with Crippen molar-refractivity contribution in [3.05, 3.63) is 63.6 Å². The summed E-state index contributed by atoms with van der Waals surface area (Å²) in [5, 5.41) is 2.86. The maximum atomic E-state index is 11.4. The fraction of sp³-hybridized carbons (Fsp3) is 0.188. The highest BCUT2D eigenvalue weighted by molar-refractivity contribution is 9.10. The molecule has 2 aromatic carbocycles. The Kier molecular flexibility index (Phi) is 3.94. The number of benzene rings is 2. The molecule has 0 fully saturated rings. The van der Waals surface area contributed by atoms with Gasteiger partial charge in [-0.2, -0.15) is 0 Å². The molecule has 0 spiro atoms. The van der Waals surface area contributed by atoms with E-state index < -0.39 is 0 Å². The van der Waals surface area contributed by atoms with Gasteiger partial charge in [-0.15, -0.1) is 0 Å². The third-order valence-electron chi connectivity index (χ3n) is 3.42. The zero-order valence-corrected chi connectivity index (χ0v) is 13.9. The van der Waals surface area contributed by atoms with Gasteiger partial charge < -0.3 is 5.32 Å². The Labute approximate surface area is 134 Å². The van der Waals surface area contributed by atoms with Crippen LogP contribution in [0.5, 0.6) is 0 Å². The zero-order valence-electron chi connectivity index (χ0n) is 10.7. The second-order valence-electron chi connectivity index (χ2n) is 4.94. The van der Waals surface area contributed by atoms with Crippen molar-refractivity contribution in [3.8, 4) is 0 Å². The normalized spacial score (nSPS) is 14.8. The molecule has 2 aromatic rings. The standard InChI is InChI=1S/C16H13Br2NO/c17-13-3-1-2-10(6-13)7-14(18)11-4-5-15-12(8-11)9-16(20)19-15/h1-6,8,14H,7,9H2,(H,19,20). The molecule has 1 heterocycles. The maximum absolute atomic E-state index is 11.4. The van der Waals surface area contributed by atoms with Crippen LogP contribution in [0, 0.1) is 0 Å². The zero-order chi connectivity index (χ0) is 14.1. The fourth-order valence-electron chi connectivity index (χ4n) is 2.43. The summed E-state index contributed by atoms with van der Waals surface area (Å²) in [4.78, 5) is 11.6. The average Bonchev–Trinajstić information content (AvgIpc) is 2.77.